The molecule has 2 aromatic carbocycles. The van der Waals surface area contributed by atoms with E-state index in [0.717, 1.165) is 11.1 Å². The quantitative estimate of drug-likeness (QED) is 0.572. The Bertz CT molecular complexity index is 1240. The molecule has 1 aromatic heterocycles. The predicted octanol–water partition coefficient (Wildman–Crippen LogP) is 3.54. The number of hydrogen-bond acceptors (Lipinski definition) is 6. The van der Waals surface area contributed by atoms with Gasteiger partial charge in [-0.15, -0.1) is 0 Å². The number of carbonyl (C=O) groups is 1. The number of amides is 1. The number of aryl methyl sites for hydroxylation is 3. The monoisotopic (exact) mass is 401 g/mol. The van der Waals surface area contributed by atoms with Crippen LogP contribution in [0.15, 0.2) is 56.8 Å². The number of nitrogens with zero attached hydrogens (tertiary/aromatic N) is 1. The van der Waals surface area contributed by atoms with Gasteiger partial charge in [-0.25, -0.2) is 17.5 Å². The molecule has 0 aliphatic carbocycles. The summed E-state index contributed by atoms with van der Waals surface area (Å²) < 4.78 is 34.3. The van der Waals surface area contributed by atoms with Gasteiger partial charge in [0.2, 0.25) is 0 Å². The summed E-state index contributed by atoms with van der Waals surface area (Å²) in [5.41, 5.74) is 3.23. The number of carbonyl (C=O) groups excluding carboxylic acids is 1. The molecule has 2 heterocycles. The molecular formula is C20H19NO6S. The molecule has 1 aliphatic heterocycles. The van der Waals surface area contributed by atoms with E-state index in [1.165, 1.54) is 25.4 Å². The van der Waals surface area contributed by atoms with Crippen LogP contribution in [0.1, 0.15) is 16.7 Å². The van der Waals surface area contributed by atoms with Crippen LogP contribution in [0.2, 0.25) is 0 Å². The molecule has 3 aromatic rings. The third kappa shape index (κ3) is 3.50. The van der Waals surface area contributed by atoms with Crippen molar-refractivity contribution in [1.29, 1.82) is 0 Å². The van der Waals surface area contributed by atoms with Gasteiger partial charge in [0.25, 0.3) is 10.0 Å². The minimum Gasteiger partial charge on any atom is -0.464 e. The Hall–Kier alpha value is -3.13. The average molecular weight is 401 g/mol. The van der Waals surface area contributed by atoms with Crippen LogP contribution in [-0.4, -0.2) is 25.9 Å². The normalized spacial score (nSPS) is 14.7. The number of benzene rings is 2. The standard InChI is InChI=1S/C11H10O2.C9H9NO4S/c1-7-3-4-10-9(5-7)11(12)8(2)6-13-10;1-6-3-4-7-8(5-6)15(12,13)10(2)9(11)14-7/h3-6H,1-2H3;3-5H,1-2H3. The van der Waals surface area contributed by atoms with E-state index < -0.39 is 16.1 Å². The molecule has 0 bridgehead atoms. The van der Waals surface area contributed by atoms with Gasteiger partial charge in [0.05, 0.1) is 11.6 Å². The fourth-order valence-electron chi connectivity index (χ4n) is 2.65. The zero-order valence-electron chi connectivity index (χ0n) is 15.8. The number of hydrogen-bond donors (Lipinski definition) is 0. The lowest BCUT2D eigenvalue weighted by Gasteiger charge is -2.24. The summed E-state index contributed by atoms with van der Waals surface area (Å²) in [5.74, 6) is 0.0868. The summed E-state index contributed by atoms with van der Waals surface area (Å²) in [5, 5.41) is 0.667. The second kappa shape index (κ2) is 7.12. The van der Waals surface area contributed by atoms with Crippen molar-refractivity contribution in [2.75, 3.05) is 7.05 Å². The van der Waals surface area contributed by atoms with E-state index in [-0.39, 0.29) is 16.1 Å². The molecule has 0 fully saturated rings. The molecule has 0 unspecified atom stereocenters. The first kappa shape index (κ1) is 19.6. The van der Waals surface area contributed by atoms with Gasteiger partial charge in [0.15, 0.2) is 11.2 Å². The van der Waals surface area contributed by atoms with Gasteiger partial charge in [-0.05, 0) is 50.6 Å². The van der Waals surface area contributed by atoms with Crippen molar-refractivity contribution in [2.24, 2.45) is 0 Å². The predicted molar refractivity (Wildman–Crippen MR) is 104 cm³/mol. The van der Waals surface area contributed by atoms with Gasteiger partial charge in [-0.2, -0.15) is 0 Å². The molecule has 0 saturated carbocycles. The molecule has 8 heteroatoms. The lowest BCUT2D eigenvalue weighted by Crippen LogP contribution is -2.39. The zero-order chi connectivity index (χ0) is 20.6. The summed E-state index contributed by atoms with van der Waals surface area (Å²) in [6, 6.07) is 10.3. The van der Waals surface area contributed by atoms with Crippen molar-refractivity contribution >= 4 is 27.1 Å². The largest absolute Gasteiger partial charge is 0.464 e. The number of ether oxygens (including phenoxy) is 1. The Morgan fingerprint density at radius 3 is 2.29 bits per heavy atom. The molecule has 1 aliphatic rings. The van der Waals surface area contributed by atoms with Gasteiger partial charge in [-0.3, -0.25) is 4.79 Å². The molecule has 0 saturated heterocycles. The molecule has 1 amide bonds. The van der Waals surface area contributed by atoms with Crippen molar-refractivity contribution in [3.8, 4) is 5.75 Å². The Balaban J connectivity index is 0.000000162. The molecule has 4 rings (SSSR count). The van der Waals surface area contributed by atoms with Gasteiger partial charge >= 0.3 is 6.09 Å². The lowest BCUT2D eigenvalue weighted by atomic mass is 10.1. The maximum atomic E-state index is 11.8. The molecule has 28 heavy (non-hydrogen) atoms. The van der Waals surface area contributed by atoms with Crippen LogP contribution in [0.3, 0.4) is 0 Å². The second-order valence-electron chi connectivity index (χ2n) is 6.54. The van der Waals surface area contributed by atoms with E-state index in [0.29, 0.717) is 20.8 Å². The molecule has 146 valence electrons. The van der Waals surface area contributed by atoms with E-state index in [1.807, 2.05) is 25.1 Å². The molecule has 0 N–H and O–H groups in total. The first-order chi connectivity index (χ1) is 13.1. The number of fused-ring (bicyclic) bond motifs is 2. The van der Waals surface area contributed by atoms with E-state index in [9.17, 15) is 18.0 Å². The van der Waals surface area contributed by atoms with Gasteiger partial charge in [-0.1, -0.05) is 17.7 Å². The SMILES string of the molecule is Cc1ccc2c(c1)S(=O)(=O)N(C)C(=O)O2.Cc1ccc2occ(C)c(=O)c2c1. The maximum Gasteiger partial charge on any atom is 0.429 e. The van der Waals surface area contributed by atoms with Crippen LogP contribution >= 0.6 is 0 Å². The minimum absolute atomic E-state index is 0.0320. The second-order valence-corrected chi connectivity index (χ2v) is 8.48. The van der Waals surface area contributed by atoms with E-state index in [4.69, 9.17) is 9.15 Å². The van der Waals surface area contributed by atoms with Gasteiger partial charge in [0, 0.05) is 12.6 Å². The highest BCUT2D eigenvalue weighted by Crippen LogP contribution is 2.31. The highest BCUT2D eigenvalue weighted by atomic mass is 32.2. The number of sulfonamides is 1. The van der Waals surface area contributed by atoms with Gasteiger partial charge < -0.3 is 9.15 Å². The maximum absolute atomic E-state index is 11.8. The van der Waals surface area contributed by atoms with E-state index in [2.05, 4.69) is 0 Å². The molecule has 7 nitrogen and oxygen atoms in total. The van der Waals surface area contributed by atoms with Crippen LogP contribution in [0.5, 0.6) is 5.75 Å². The first-order valence-corrected chi connectivity index (χ1v) is 9.85. The summed E-state index contributed by atoms with van der Waals surface area (Å²) in [7, 11) is -2.56. The van der Waals surface area contributed by atoms with Crippen LogP contribution < -0.4 is 10.2 Å². The van der Waals surface area contributed by atoms with Gasteiger partial charge in [0.1, 0.15) is 10.5 Å². The van der Waals surface area contributed by atoms with Crippen molar-refractivity contribution in [1.82, 2.24) is 4.31 Å². The smallest absolute Gasteiger partial charge is 0.429 e. The molecular weight excluding hydrogens is 382 g/mol. The molecule has 0 radical (unpaired) electrons. The summed E-state index contributed by atoms with van der Waals surface area (Å²) in [6.07, 6.45) is 0.617. The van der Waals surface area contributed by atoms with Crippen molar-refractivity contribution in [2.45, 2.75) is 25.7 Å². The highest BCUT2D eigenvalue weighted by molar-refractivity contribution is 7.89. The zero-order valence-corrected chi connectivity index (χ0v) is 16.7. The van der Waals surface area contributed by atoms with Crippen molar-refractivity contribution in [3.05, 3.63) is 69.6 Å². The molecule has 0 spiro atoms. The average Bonchev–Trinajstić information content (AvgIpc) is 2.65. The molecule has 0 atom stereocenters. The lowest BCUT2D eigenvalue weighted by molar-refractivity contribution is 0.179. The van der Waals surface area contributed by atoms with Crippen molar-refractivity contribution < 1.29 is 22.4 Å². The Morgan fingerprint density at radius 1 is 0.929 bits per heavy atom. The van der Waals surface area contributed by atoms with Crippen LogP contribution in [0, 0.1) is 20.8 Å². The first-order valence-electron chi connectivity index (χ1n) is 8.41. The van der Waals surface area contributed by atoms with E-state index >= 15 is 0 Å². The fraction of sp³-hybridized carbons (Fsp3) is 0.200. The summed E-state index contributed by atoms with van der Waals surface area (Å²) in [4.78, 5) is 22.8. The fourth-order valence-corrected chi connectivity index (χ4v) is 3.87. The Kier molecular flexibility index (Phi) is 4.99. The highest BCUT2D eigenvalue weighted by Gasteiger charge is 2.35. The van der Waals surface area contributed by atoms with Crippen LogP contribution in [0.4, 0.5) is 4.79 Å². The Labute approximate surface area is 162 Å². The third-order valence-corrected chi connectivity index (χ3v) is 6.04. The van der Waals surface area contributed by atoms with Crippen LogP contribution in [0.25, 0.3) is 11.0 Å². The topological polar surface area (TPSA) is 93.9 Å². The minimum atomic E-state index is -3.73. The third-order valence-electron chi connectivity index (χ3n) is 4.29. The van der Waals surface area contributed by atoms with E-state index in [1.54, 1.807) is 19.9 Å². The summed E-state index contributed by atoms with van der Waals surface area (Å²) >= 11 is 0. The Morgan fingerprint density at radius 2 is 1.57 bits per heavy atom. The summed E-state index contributed by atoms with van der Waals surface area (Å²) in [6.45, 7) is 5.49. The van der Waals surface area contributed by atoms with Crippen LogP contribution in [-0.2, 0) is 10.0 Å². The van der Waals surface area contributed by atoms with Crippen molar-refractivity contribution in [3.63, 3.8) is 0 Å². The number of rotatable bonds is 0.